The molecule has 2 aromatic heterocycles. The van der Waals surface area contributed by atoms with Crippen LogP contribution in [0, 0.1) is 0 Å². The maximum atomic E-state index is 5.80. The first-order valence-electron chi connectivity index (χ1n) is 4.22. The Morgan fingerprint density at radius 2 is 2.20 bits per heavy atom. The Balaban J connectivity index is 2.25. The molecule has 2 rings (SSSR count). The molecule has 2 N–H and O–H groups in total. The van der Waals surface area contributed by atoms with Crippen LogP contribution in [0.25, 0.3) is 0 Å². The van der Waals surface area contributed by atoms with Gasteiger partial charge in [0.1, 0.15) is 9.63 Å². The quantitative estimate of drug-likeness (QED) is 0.915. The van der Waals surface area contributed by atoms with E-state index in [0.29, 0.717) is 17.4 Å². The number of hydrogen-bond donors (Lipinski definition) is 1. The van der Waals surface area contributed by atoms with Crippen LogP contribution in [0.4, 0.5) is 5.82 Å². The lowest BCUT2D eigenvalue weighted by molar-refractivity contribution is 0.687. The molecule has 0 aliphatic carbocycles. The minimum atomic E-state index is 0.344. The molecule has 15 heavy (non-hydrogen) atoms. The van der Waals surface area contributed by atoms with E-state index in [-0.39, 0.29) is 0 Å². The van der Waals surface area contributed by atoms with E-state index in [4.69, 9.17) is 17.3 Å². The molecule has 7 heteroatoms. The summed E-state index contributed by atoms with van der Waals surface area (Å²) in [5.41, 5.74) is 6.57. The van der Waals surface area contributed by atoms with Gasteiger partial charge in [-0.2, -0.15) is 10.2 Å². The summed E-state index contributed by atoms with van der Waals surface area (Å²) in [5, 5.41) is 8.69. The molecule has 0 saturated carbocycles. The van der Waals surface area contributed by atoms with Gasteiger partial charge >= 0.3 is 0 Å². The summed E-state index contributed by atoms with van der Waals surface area (Å²) < 4.78 is 4.21. The molecule has 0 radical (unpaired) electrons. The second kappa shape index (κ2) is 3.86. The Bertz CT molecular complexity index is 470. The van der Waals surface area contributed by atoms with Gasteiger partial charge in [0.05, 0.1) is 6.54 Å². The minimum Gasteiger partial charge on any atom is -0.381 e. The standard InChI is InChI=1S/C8H9BrClN5/c1-14-2-5(7(9)12-14)3-15-4-6(10)8(11)13-15/h2,4H,3H2,1H3,(H2,11,13). The van der Waals surface area contributed by atoms with Crippen molar-refractivity contribution in [3.63, 3.8) is 0 Å². The molecule has 0 spiro atoms. The predicted octanol–water partition coefficient (Wildman–Crippen LogP) is 1.66. The summed E-state index contributed by atoms with van der Waals surface area (Å²) >= 11 is 9.16. The monoisotopic (exact) mass is 289 g/mol. The minimum absolute atomic E-state index is 0.344. The highest BCUT2D eigenvalue weighted by atomic mass is 79.9. The Labute approximate surface area is 99.9 Å². The van der Waals surface area contributed by atoms with E-state index < -0.39 is 0 Å². The van der Waals surface area contributed by atoms with Crippen LogP contribution in [-0.4, -0.2) is 19.6 Å². The average molecular weight is 291 g/mol. The molecular formula is C8H9BrClN5. The van der Waals surface area contributed by atoms with Crippen molar-refractivity contribution >= 4 is 33.3 Å². The highest BCUT2D eigenvalue weighted by molar-refractivity contribution is 9.10. The molecule has 0 amide bonds. The number of anilines is 1. The third-order valence-electron chi connectivity index (χ3n) is 1.93. The Kier molecular flexibility index (Phi) is 2.70. The van der Waals surface area contributed by atoms with Crippen LogP contribution in [0.5, 0.6) is 0 Å². The highest BCUT2D eigenvalue weighted by Crippen LogP contribution is 2.19. The first-order chi connectivity index (χ1) is 7.06. The van der Waals surface area contributed by atoms with Gasteiger partial charge in [0.25, 0.3) is 0 Å². The molecule has 5 nitrogen and oxygen atoms in total. The van der Waals surface area contributed by atoms with Gasteiger partial charge in [0, 0.05) is 25.0 Å². The summed E-state index contributed by atoms with van der Waals surface area (Å²) in [7, 11) is 1.86. The molecule has 0 unspecified atom stereocenters. The van der Waals surface area contributed by atoms with Gasteiger partial charge in [-0.25, -0.2) is 0 Å². The second-order valence-electron chi connectivity index (χ2n) is 3.18. The molecule has 0 bridgehead atoms. The fraction of sp³-hybridized carbons (Fsp3) is 0.250. The molecule has 0 aliphatic heterocycles. The summed E-state index contributed by atoms with van der Waals surface area (Å²) in [6, 6.07) is 0. The van der Waals surface area contributed by atoms with E-state index in [0.717, 1.165) is 10.2 Å². The van der Waals surface area contributed by atoms with Gasteiger partial charge in [-0.1, -0.05) is 11.6 Å². The lowest BCUT2D eigenvalue weighted by Gasteiger charge is -1.97. The van der Waals surface area contributed by atoms with Gasteiger partial charge in [-0.05, 0) is 15.9 Å². The molecule has 0 atom stereocenters. The zero-order chi connectivity index (χ0) is 11.0. The van der Waals surface area contributed by atoms with Crippen LogP contribution in [0.15, 0.2) is 17.0 Å². The van der Waals surface area contributed by atoms with Gasteiger partial charge in [0.15, 0.2) is 5.82 Å². The lowest BCUT2D eigenvalue weighted by Crippen LogP contribution is -2.00. The van der Waals surface area contributed by atoms with Crippen LogP contribution in [0.1, 0.15) is 5.56 Å². The van der Waals surface area contributed by atoms with Crippen molar-refractivity contribution in [3.05, 3.63) is 27.6 Å². The summed E-state index contributed by atoms with van der Waals surface area (Å²) in [5.74, 6) is 0.344. The Morgan fingerprint density at radius 3 is 2.67 bits per heavy atom. The highest BCUT2D eigenvalue weighted by Gasteiger charge is 2.08. The number of nitrogen functional groups attached to an aromatic ring is 1. The van der Waals surface area contributed by atoms with Crippen LogP contribution < -0.4 is 5.73 Å². The zero-order valence-corrected chi connectivity index (χ0v) is 10.3. The van der Waals surface area contributed by atoms with Gasteiger partial charge < -0.3 is 5.73 Å². The van der Waals surface area contributed by atoms with Crippen molar-refractivity contribution in [1.82, 2.24) is 19.6 Å². The smallest absolute Gasteiger partial charge is 0.164 e. The molecule has 2 aromatic rings. The van der Waals surface area contributed by atoms with Crippen LogP contribution in [0.2, 0.25) is 5.02 Å². The largest absolute Gasteiger partial charge is 0.381 e. The fourth-order valence-corrected chi connectivity index (χ4v) is 1.91. The number of nitrogens with two attached hydrogens (primary N) is 1. The van der Waals surface area contributed by atoms with Gasteiger partial charge in [-0.15, -0.1) is 0 Å². The van der Waals surface area contributed by atoms with Crippen molar-refractivity contribution in [2.75, 3.05) is 5.73 Å². The topological polar surface area (TPSA) is 61.7 Å². The van der Waals surface area contributed by atoms with Gasteiger partial charge in [-0.3, -0.25) is 9.36 Å². The normalized spacial score (nSPS) is 10.9. The van der Waals surface area contributed by atoms with Crippen LogP contribution in [-0.2, 0) is 13.6 Å². The van der Waals surface area contributed by atoms with Gasteiger partial charge in [0.2, 0.25) is 0 Å². The van der Waals surface area contributed by atoms with E-state index in [1.54, 1.807) is 15.6 Å². The lowest BCUT2D eigenvalue weighted by atomic mass is 10.4. The third-order valence-corrected chi connectivity index (χ3v) is 2.89. The first kappa shape index (κ1) is 10.5. The number of aromatic nitrogens is 4. The number of rotatable bonds is 2. The fourth-order valence-electron chi connectivity index (χ4n) is 1.28. The number of aryl methyl sites for hydroxylation is 1. The van der Waals surface area contributed by atoms with Crippen molar-refractivity contribution in [3.8, 4) is 0 Å². The van der Waals surface area contributed by atoms with E-state index in [2.05, 4.69) is 26.1 Å². The molecular weight excluding hydrogens is 281 g/mol. The summed E-state index contributed by atoms with van der Waals surface area (Å²) in [4.78, 5) is 0. The van der Waals surface area contributed by atoms with Crippen molar-refractivity contribution in [2.24, 2.45) is 7.05 Å². The zero-order valence-electron chi connectivity index (χ0n) is 7.98. The second-order valence-corrected chi connectivity index (χ2v) is 4.34. The molecule has 0 saturated heterocycles. The van der Waals surface area contributed by atoms with Crippen molar-refractivity contribution < 1.29 is 0 Å². The molecule has 0 aliphatic rings. The number of hydrogen-bond acceptors (Lipinski definition) is 3. The summed E-state index contributed by atoms with van der Waals surface area (Å²) in [6.07, 6.45) is 3.60. The summed E-state index contributed by atoms with van der Waals surface area (Å²) in [6.45, 7) is 0.589. The van der Waals surface area contributed by atoms with Crippen molar-refractivity contribution in [2.45, 2.75) is 6.54 Å². The molecule has 2 heterocycles. The first-order valence-corrected chi connectivity index (χ1v) is 5.40. The van der Waals surface area contributed by atoms with Crippen molar-refractivity contribution in [1.29, 1.82) is 0 Å². The van der Waals surface area contributed by atoms with Crippen LogP contribution >= 0.6 is 27.5 Å². The SMILES string of the molecule is Cn1cc(Cn2cc(Cl)c(N)n2)c(Br)n1. The molecule has 0 fully saturated rings. The molecule has 80 valence electrons. The number of halogens is 2. The Hall–Kier alpha value is -1.01. The van der Waals surface area contributed by atoms with E-state index in [1.165, 1.54) is 0 Å². The van der Waals surface area contributed by atoms with E-state index in [1.807, 2.05) is 13.2 Å². The van der Waals surface area contributed by atoms with E-state index in [9.17, 15) is 0 Å². The average Bonchev–Trinajstić information content (AvgIpc) is 2.59. The maximum absolute atomic E-state index is 5.80. The molecule has 0 aromatic carbocycles. The van der Waals surface area contributed by atoms with Crippen LogP contribution in [0.3, 0.4) is 0 Å². The number of nitrogens with zero attached hydrogens (tertiary/aromatic N) is 4. The Morgan fingerprint density at radius 1 is 1.47 bits per heavy atom. The predicted molar refractivity (Wildman–Crippen MR) is 61.7 cm³/mol. The maximum Gasteiger partial charge on any atom is 0.164 e. The van der Waals surface area contributed by atoms with E-state index >= 15 is 0 Å². The third kappa shape index (κ3) is 2.15.